The van der Waals surface area contributed by atoms with Gasteiger partial charge in [0, 0.05) is 27.3 Å². The lowest BCUT2D eigenvalue weighted by Crippen LogP contribution is -2.45. The monoisotopic (exact) mass is 514 g/mol. The number of carbonyl (C=O) groups excluding carboxylic acids is 2. The first-order chi connectivity index (χ1) is 17.2. The largest absolute Gasteiger partial charge is 0.294 e. The number of sulfone groups is 1. The van der Waals surface area contributed by atoms with Crippen molar-refractivity contribution in [2.75, 3.05) is 0 Å². The number of aryl methyl sites for hydroxylation is 1. The molecule has 6 heteroatoms. The van der Waals surface area contributed by atoms with Gasteiger partial charge in [0.05, 0.1) is 4.90 Å². The summed E-state index contributed by atoms with van der Waals surface area (Å²) < 4.78 is 25.8. The Labute approximate surface area is 216 Å². The Bertz CT molecular complexity index is 1460. The molecule has 0 aliphatic heterocycles. The van der Waals surface area contributed by atoms with Gasteiger partial charge >= 0.3 is 0 Å². The summed E-state index contributed by atoms with van der Waals surface area (Å²) in [6.45, 7) is 3.21. The number of hydrogen-bond donors (Lipinski definition) is 0. The van der Waals surface area contributed by atoms with Crippen molar-refractivity contribution in [1.82, 2.24) is 0 Å². The summed E-state index contributed by atoms with van der Waals surface area (Å²) in [5.41, 5.74) is 1.51. The zero-order valence-electron chi connectivity index (χ0n) is 20.0. The highest BCUT2D eigenvalue weighted by Crippen LogP contribution is 2.35. The lowest BCUT2D eigenvalue weighted by atomic mass is 9.91. The highest BCUT2D eigenvalue weighted by molar-refractivity contribution is 7.99. The minimum absolute atomic E-state index is 0.0149. The standard InChI is InChI=1S/C30H26O4S2/c1-22-13-19-27(20-14-22)36(33,34)30(2,21-28(31)23-9-5-3-6-10-23)29(32)24-15-17-26(18-16-24)35-25-11-7-4-8-12-25/h3-20H,21H2,1-2H3. The molecular formula is C30H26O4S2. The molecule has 0 aliphatic rings. The third-order valence-corrected chi connectivity index (χ3v) is 9.52. The molecule has 0 spiro atoms. The number of ketones is 2. The van der Waals surface area contributed by atoms with E-state index in [-0.39, 0.29) is 10.5 Å². The molecule has 0 bridgehead atoms. The van der Waals surface area contributed by atoms with Crippen LogP contribution in [0.4, 0.5) is 0 Å². The molecule has 1 atom stereocenters. The van der Waals surface area contributed by atoms with Crippen LogP contribution < -0.4 is 0 Å². The topological polar surface area (TPSA) is 68.3 Å². The van der Waals surface area contributed by atoms with Crippen molar-refractivity contribution in [1.29, 1.82) is 0 Å². The smallest absolute Gasteiger partial charge is 0.191 e. The Kier molecular flexibility index (Phi) is 7.57. The predicted molar refractivity (Wildman–Crippen MR) is 143 cm³/mol. The fraction of sp³-hybridized carbons (Fsp3) is 0.133. The second kappa shape index (κ2) is 10.6. The lowest BCUT2D eigenvalue weighted by molar-refractivity contribution is 0.0879. The van der Waals surface area contributed by atoms with Gasteiger partial charge in [-0.25, -0.2) is 8.42 Å². The van der Waals surface area contributed by atoms with Crippen LogP contribution in [0, 0.1) is 6.92 Å². The summed E-state index contributed by atoms with van der Waals surface area (Å²) in [4.78, 5) is 29.0. The van der Waals surface area contributed by atoms with Crippen molar-refractivity contribution < 1.29 is 18.0 Å². The first kappa shape index (κ1) is 25.6. The second-order valence-electron chi connectivity index (χ2n) is 8.78. The van der Waals surface area contributed by atoms with Crippen molar-refractivity contribution in [3.8, 4) is 0 Å². The fourth-order valence-electron chi connectivity index (χ4n) is 3.91. The SMILES string of the molecule is Cc1ccc(S(=O)(=O)C(C)(CC(=O)c2ccccc2)C(=O)c2ccc(Sc3ccccc3)cc2)cc1. The number of carbonyl (C=O) groups is 2. The van der Waals surface area contributed by atoms with Crippen LogP contribution in [-0.2, 0) is 9.84 Å². The van der Waals surface area contributed by atoms with Crippen LogP contribution in [0.25, 0.3) is 0 Å². The van der Waals surface area contributed by atoms with Crippen LogP contribution in [0.2, 0.25) is 0 Å². The van der Waals surface area contributed by atoms with Gasteiger partial charge < -0.3 is 0 Å². The maximum Gasteiger partial charge on any atom is 0.191 e. The summed E-state index contributed by atoms with van der Waals surface area (Å²) in [7, 11) is -4.20. The number of benzene rings is 4. The Morgan fingerprint density at radius 2 is 1.22 bits per heavy atom. The second-order valence-corrected chi connectivity index (χ2v) is 12.3. The third-order valence-electron chi connectivity index (χ3n) is 6.09. The lowest BCUT2D eigenvalue weighted by Gasteiger charge is -2.28. The average molecular weight is 515 g/mol. The molecular weight excluding hydrogens is 488 g/mol. The van der Waals surface area contributed by atoms with Crippen molar-refractivity contribution >= 4 is 33.2 Å². The minimum atomic E-state index is -4.20. The van der Waals surface area contributed by atoms with Crippen LogP contribution in [0.5, 0.6) is 0 Å². The zero-order valence-corrected chi connectivity index (χ0v) is 21.7. The van der Waals surface area contributed by atoms with Crippen LogP contribution >= 0.6 is 11.8 Å². The van der Waals surface area contributed by atoms with E-state index in [1.54, 1.807) is 78.5 Å². The number of hydrogen-bond acceptors (Lipinski definition) is 5. The van der Waals surface area contributed by atoms with E-state index in [2.05, 4.69) is 0 Å². The van der Waals surface area contributed by atoms with Crippen LogP contribution in [0.3, 0.4) is 0 Å². The summed E-state index contributed by atoms with van der Waals surface area (Å²) in [5.74, 6) is -1.01. The molecule has 0 aliphatic carbocycles. The van der Waals surface area contributed by atoms with Crippen molar-refractivity contribution in [3.05, 3.63) is 126 Å². The maximum absolute atomic E-state index is 13.9. The zero-order chi connectivity index (χ0) is 25.8. The van der Waals surface area contributed by atoms with E-state index in [1.165, 1.54) is 19.1 Å². The average Bonchev–Trinajstić information content (AvgIpc) is 2.90. The van der Waals surface area contributed by atoms with Crippen LogP contribution in [-0.4, -0.2) is 24.7 Å². The molecule has 0 radical (unpaired) electrons. The first-order valence-electron chi connectivity index (χ1n) is 11.5. The predicted octanol–water partition coefficient (Wildman–Crippen LogP) is 6.83. The van der Waals surface area contributed by atoms with Gasteiger partial charge in [0.2, 0.25) is 0 Å². The van der Waals surface area contributed by atoms with Gasteiger partial charge in [0.15, 0.2) is 21.4 Å². The molecule has 4 aromatic rings. The highest BCUT2D eigenvalue weighted by Gasteiger charge is 2.48. The molecule has 4 aromatic carbocycles. The van der Waals surface area contributed by atoms with Crippen LogP contribution in [0.15, 0.2) is 124 Å². The maximum atomic E-state index is 13.9. The van der Waals surface area contributed by atoms with E-state index < -0.39 is 32.6 Å². The molecule has 0 aromatic heterocycles. The minimum Gasteiger partial charge on any atom is -0.294 e. The van der Waals surface area contributed by atoms with E-state index in [0.717, 1.165) is 15.4 Å². The van der Waals surface area contributed by atoms with Gasteiger partial charge in [0.25, 0.3) is 0 Å². The molecule has 36 heavy (non-hydrogen) atoms. The van der Waals surface area contributed by atoms with E-state index in [1.807, 2.05) is 37.3 Å². The summed E-state index contributed by atoms with van der Waals surface area (Å²) >= 11 is 1.54. The number of Topliss-reactive ketones (excluding diaryl/α,β-unsaturated/α-hetero) is 2. The molecule has 0 amide bonds. The molecule has 4 nitrogen and oxygen atoms in total. The van der Waals surface area contributed by atoms with Gasteiger partial charge in [-0.15, -0.1) is 0 Å². The summed E-state index contributed by atoms with van der Waals surface area (Å²) in [6, 6.07) is 31.5. The van der Waals surface area contributed by atoms with Gasteiger partial charge in [-0.3, -0.25) is 9.59 Å². The molecule has 0 saturated heterocycles. The van der Waals surface area contributed by atoms with E-state index >= 15 is 0 Å². The van der Waals surface area contributed by atoms with Gasteiger partial charge in [-0.2, -0.15) is 0 Å². The van der Waals surface area contributed by atoms with Gasteiger partial charge in [-0.05, 0) is 50.2 Å². The van der Waals surface area contributed by atoms with Crippen molar-refractivity contribution in [2.24, 2.45) is 0 Å². The Balaban J connectivity index is 1.71. The van der Waals surface area contributed by atoms with Gasteiger partial charge in [-0.1, -0.05) is 90.1 Å². The Morgan fingerprint density at radius 1 is 0.694 bits per heavy atom. The van der Waals surface area contributed by atoms with Gasteiger partial charge in [0.1, 0.15) is 4.75 Å². The summed E-state index contributed by atoms with van der Waals surface area (Å²) in [5, 5.41) is 0. The molecule has 0 N–H and O–H groups in total. The number of rotatable bonds is 9. The van der Waals surface area contributed by atoms with E-state index in [0.29, 0.717) is 5.56 Å². The molecule has 0 fully saturated rings. The molecule has 182 valence electrons. The first-order valence-corrected chi connectivity index (χ1v) is 13.8. The fourth-order valence-corrected chi connectivity index (χ4v) is 6.45. The molecule has 0 heterocycles. The summed E-state index contributed by atoms with van der Waals surface area (Å²) in [6.07, 6.45) is -0.466. The Morgan fingerprint density at radius 3 is 1.81 bits per heavy atom. The van der Waals surface area contributed by atoms with E-state index in [9.17, 15) is 18.0 Å². The molecule has 0 saturated carbocycles. The highest BCUT2D eigenvalue weighted by atomic mass is 32.2. The van der Waals surface area contributed by atoms with Crippen LogP contribution in [0.1, 0.15) is 39.6 Å². The normalized spacial score (nSPS) is 13.1. The van der Waals surface area contributed by atoms with E-state index in [4.69, 9.17) is 0 Å². The quantitative estimate of drug-likeness (QED) is 0.229. The van der Waals surface area contributed by atoms with Crippen molar-refractivity contribution in [2.45, 2.75) is 39.7 Å². The molecule has 1 unspecified atom stereocenters. The Hall–Kier alpha value is -3.48. The third kappa shape index (κ3) is 5.35. The molecule has 4 rings (SSSR count). The van der Waals surface area contributed by atoms with Crippen molar-refractivity contribution in [3.63, 3.8) is 0 Å².